The first-order chi connectivity index (χ1) is 12.7. The first-order valence-electron chi connectivity index (χ1n) is 9.07. The number of fused-ring (bicyclic) bond motifs is 1. The summed E-state index contributed by atoms with van der Waals surface area (Å²) in [6.45, 7) is 7.14. The van der Waals surface area contributed by atoms with Crippen LogP contribution in [0.1, 0.15) is 32.0 Å². The summed E-state index contributed by atoms with van der Waals surface area (Å²) < 4.78 is 9.12. The molecule has 0 spiro atoms. The number of rotatable bonds is 5. The molecule has 0 atom stereocenters. The Labute approximate surface area is 159 Å². The van der Waals surface area contributed by atoms with Crippen molar-refractivity contribution in [2.24, 2.45) is 0 Å². The molecule has 0 saturated carbocycles. The lowest BCUT2D eigenvalue weighted by molar-refractivity contribution is 0.0540. The van der Waals surface area contributed by atoms with Crippen LogP contribution in [0.2, 0.25) is 0 Å². The predicted octanol–water partition coefficient (Wildman–Crippen LogP) is 3.17. The van der Waals surface area contributed by atoms with Crippen LogP contribution in [0, 0.1) is 0 Å². The average molecular weight is 369 g/mol. The minimum atomic E-state index is -0.542. The smallest absolute Gasteiger partial charge is 0.419 e. The molecule has 27 heavy (non-hydrogen) atoms. The molecule has 3 aromatic rings. The van der Waals surface area contributed by atoms with E-state index < -0.39 is 5.60 Å². The lowest BCUT2D eigenvalue weighted by Crippen LogP contribution is -2.28. The Bertz CT molecular complexity index is 920. The fourth-order valence-electron chi connectivity index (χ4n) is 2.97. The Balaban J connectivity index is 1.98. The van der Waals surface area contributed by atoms with E-state index in [2.05, 4.69) is 27.1 Å². The van der Waals surface area contributed by atoms with Crippen molar-refractivity contribution in [2.75, 3.05) is 20.6 Å². The molecule has 0 aliphatic rings. The Morgan fingerprint density at radius 2 is 2.00 bits per heavy atom. The second-order valence-electron chi connectivity index (χ2n) is 7.99. The fourth-order valence-corrected chi connectivity index (χ4v) is 2.97. The van der Waals surface area contributed by atoms with Crippen LogP contribution in [0.3, 0.4) is 0 Å². The van der Waals surface area contributed by atoms with E-state index in [1.165, 1.54) is 6.33 Å². The number of carbonyl (C=O) groups excluding carboxylic acids is 1. The summed E-state index contributed by atoms with van der Waals surface area (Å²) >= 11 is 0. The van der Waals surface area contributed by atoms with Crippen molar-refractivity contribution in [3.63, 3.8) is 0 Å². The maximum absolute atomic E-state index is 12.8. The Hall–Kier alpha value is -2.67. The minimum absolute atomic E-state index is 0.338. The molecule has 0 bridgehead atoms. The Morgan fingerprint density at radius 1 is 1.22 bits per heavy atom. The van der Waals surface area contributed by atoms with Crippen molar-refractivity contribution >= 4 is 17.0 Å². The number of hydrogen-bond acceptors (Lipinski definition) is 5. The van der Waals surface area contributed by atoms with Crippen LogP contribution in [-0.2, 0) is 17.7 Å². The van der Waals surface area contributed by atoms with Gasteiger partial charge in [-0.15, -0.1) is 0 Å². The molecule has 7 nitrogen and oxygen atoms in total. The van der Waals surface area contributed by atoms with Gasteiger partial charge in [0.2, 0.25) is 0 Å². The number of ether oxygens (including phenoxy) is 1. The van der Waals surface area contributed by atoms with Gasteiger partial charge in [0.05, 0.1) is 12.1 Å². The summed E-state index contributed by atoms with van der Waals surface area (Å²) in [5.41, 5.74) is 2.37. The Kier molecular flexibility index (Phi) is 5.32. The monoisotopic (exact) mass is 369 g/mol. The van der Waals surface area contributed by atoms with Gasteiger partial charge >= 0.3 is 6.09 Å². The molecule has 0 amide bonds. The van der Waals surface area contributed by atoms with E-state index in [1.54, 1.807) is 15.6 Å². The Morgan fingerprint density at radius 3 is 2.63 bits per heavy atom. The van der Waals surface area contributed by atoms with Gasteiger partial charge in [-0.05, 0) is 58.6 Å². The van der Waals surface area contributed by atoms with Gasteiger partial charge in [0.25, 0.3) is 0 Å². The van der Waals surface area contributed by atoms with Crippen LogP contribution in [0.4, 0.5) is 4.79 Å². The third-order valence-electron chi connectivity index (χ3n) is 4.14. The molecule has 0 radical (unpaired) electrons. The number of benzene rings is 1. The highest BCUT2D eigenvalue weighted by molar-refractivity contribution is 5.91. The summed E-state index contributed by atoms with van der Waals surface area (Å²) in [5.74, 6) is 0. The largest absolute Gasteiger partial charge is 0.443 e. The van der Waals surface area contributed by atoms with E-state index in [9.17, 15) is 4.79 Å². The zero-order valence-electron chi connectivity index (χ0n) is 16.6. The zero-order valence-corrected chi connectivity index (χ0v) is 16.6. The van der Waals surface area contributed by atoms with Crippen molar-refractivity contribution < 1.29 is 9.53 Å². The molecule has 2 heterocycles. The second kappa shape index (κ2) is 7.52. The number of likely N-dealkylation sites (N-methyl/N-ethyl adjacent to an activating group) is 1. The van der Waals surface area contributed by atoms with E-state index in [1.807, 2.05) is 47.0 Å². The SMILES string of the molecule is CN(C)CCc1cc2cc(Cn3cncn3)ccc2n1C(=O)OC(C)(C)C. The van der Waals surface area contributed by atoms with E-state index in [0.29, 0.717) is 6.54 Å². The molecule has 7 heteroatoms. The topological polar surface area (TPSA) is 65.2 Å². The van der Waals surface area contributed by atoms with Crippen LogP contribution in [0.25, 0.3) is 10.9 Å². The maximum Gasteiger partial charge on any atom is 0.419 e. The van der Waals surface area contributed by atoms with Crippen LogP contribution in [0.15, 0.2) is 36.9 Å². The molecule has 3 rings (SSSR count). The van der Waals surface area contributed by atoms with E-state index in [4.69, 9.17) is 4.74 Å². The van der Waals surface area contributed by atoms with E-state index >= 15 is 0 Å². The van der Waals surface area contributed by atoms with Crippen LogP contribution >= 0.6 is 0 Å². The number of carbonyl (C=O) groups is 1. The molecule has 0 saturated heterocycles. The van der Waals surface area contributed by atoms with Gasteiger partial charge in [-0.1, -0.05) is 6.07 Å². The molecular formula is C20H27N5O2. The summed E-state index contributed by atoms with van der Waals surface area (Å²) in [7, 11) is 4.05. The summed E-state index contributed by atoms with van der Waals surface area (Å²) in [4.78, 5) is 18.9. The first kappa shape index (κ1) is 19.1. The lowest BCUT2D eigenvalue weighted by atomic mass is 10.1. The highest BCUT2D eigenvalue weighted by Gasteiger charge is 2.22. The molecule has 0 fully saturated rings. The highest BCUT2D eigenvalue weighted by atomic mass is 16.6. The molecule has 0 aliphatic heterocycles. The van der Waals surface area contributed by atoms with Gasteiger partial charge in [0.1, 0.15) is 18.3 Å². The summed E-state index contributed by atoms with van der Waals surface area (Å²) in [6.07, 6.45) is 3.64. The van der Waals surface area contributed by atoms with Gasteiger partial charge in [-0.3, -0.25) is 0 Å². The normalized spacial score (nSPS) is 12.1. The van der Waals surface area contributed by atoms with Crippen molar-refractivity contribution in [1.29, 1.82) is 0 Å². The van der Waals surface area contributed by atoms with E-state index in [0.717, 1.165) is 35.1 Å². The first-order valence-corrected chi connectivity index (χ1v) is 9.07. The third-order valence-corrected chi connectivity index (χ3v) is 4.14. The van der Waals surface area contributed by atoms with Crippen LogP contribution in [0.5, 0.6) is 0 Å². The standard InChI is InChI=1S/C20H27N5O2/c1-20(2,3)27-19(26)25-17(8-9-23(4)5)11-16-10-15(6-7-18(16)25)12-24-14-21-13-22-24/h6-7,10-11,13-14H,8-9,12H2,1-5H3. The van der Waals surface area contributed by atoms with E-state index in [-0.39, 0.29) is 6.09 Å². The number of aromatic nitrogens is 4. The quantitative estimate of drug-likeness (QED) is 0.691. The van der Waals surface area contributed by atoms with Crippen LogP contribution < -0.4 is 0 Å². The number of hydrogen-bond donors (Lipinski definition) is 0. The van der Waals surface area contributed by atoms with Gasteiger partial charge in [-0.25, -0.2) is 19.0 Å². The van der Waals surface area contributed by atoms with Crippen molar-refractivity contribution in [1.82, 2.24) is 24.2 Å². The van der Waals surface area contributed by atoms with Gasteiger partial charge in [0, 0.05) is 24.0 Å². The minimum Gasteiger partial charge on any atom is -0.443 e. The zero-order chi connectivity index (χ0) is 19.6. The molecule has 0 unspecified atom stereocenters. The molecule has 144 valence electrons. The molecule has 1 aromatic carbocycles. The third kappa shape index (κ3) is 4.74. The highest BCUT2D eigenvalue weighted by Crippen LogP contribution is 2.24. The molecule has 0 aliphatic carbocycles. The lowest BCUT2D eigenvalue weighted by Gasteiger charge is -2.21. The van der Waals surface area contributed by atoms with Crippen LogP contribution in [-0.4, -0.2) is 56.6 Å². The molecule has 0 N–H and O–H groups in total. The van der Waals surface area contributed by atoms with Gasteiger partial charge < -0.3 is 9.64 Å². The average Bonchev–Trinajstić information content (AvgIpc) is 3.17. The summed E-state index contributed by atoms with van der Waals surface area (Å²) in [5, 5.41) is 5.17. The van der Waals surface area contributed by atoms with Crippen molar-refractivity contribution in [3.8, 4) is 0 Å². The van der Waals surface area contributed by atoms with Gasteiger partial charge in [0.15, 0.2) is 0 Å². The molecule has 2 aromatic heterocycles. The van der Waals surface area contributed by atoms with Crippen molar-refractivity contribution in [3.05, 3.63) is 48.2 Å². The molecular weight excluding hydrogens is 342 g/mol. The van der Waals surface area contributed by atoms with Gasteiger partial charge in [-0.2, -0.15) is 5.10 Å². The summed E-state index contributed by atoms with van der Waals surface area (Å²) in [6, 6.07) is 8.16. The fraction of sp³-hybridized carbons (Fsp3) is 0.450. The van der Waals surface area contributed by atoms with Crippen molar-refractivity contribution in [2.45, 2.75) is 39.3 Å². The number of nitrogens with zero attached hydrogens (tertiary/aromatic N) is 5. The maximum atomic E-state index is 12.8. The predicted molar refractivity (Wildman–Crippen MR) is 105 cm³/mol. The second-order valence-corrected chi connectivity index (χ2v) is 7.99.